The summed E-state index contributed by atoms with van der Waals surface area (Å²) in [7, 11) is 0. The van der Waals surface area contributed by atoms with E-state index in [9.17, 15) is 0 Å². The van der Waals surface area contributed by atoms with Crippen LogP contribution in [-0.2, 0) is 0 Å². The minimum absolute atomic E-state index is 0.880. The first-order chi connectivity index (χ1) is 20.8. The lowest BCUT2D eigenvalue weighted by molar-refractivity contribution is 0.977. The van der Waals surface area contributed by atoms with Crippen molar-refractivity contribution in [3.63, 3.8) is 0 Å². The molecule has 0 N–H and O–H groups in total. The SMILES string of the molecule is c1cnc2c(c1)ccn2-c1cc(-n2ccc3cccnc32)c(-n2ccc3cccnc32)cc1-n1ccc2cccnc21. The largest absolute Gasteiger partial charge is 0.299 e. The summed E-state index contributed by atoms with van der Waals surface area (Å²) in [5.74, 6) is 0. The van der Waals surface area contributed by atoms with E-state index in [2.05, 4.69) is 104 Å². The fraction of sp³-hybridized carbons (Fsp3) is 0. The quantitative estimate of drug-likeness (QED) is 0.239. The highest BCUT2D eigenvalue weighted by molar-refractivity contribution is 5.86. The number of rotatable bonds is 4. The van der Waals surface area contributed by atoms with Crippen molar-refractivity contribution in [2.75, 3.05) is 0 Å². The average Bonchev–Trinajstić information content (AvgIpc) is 3.84. The zero-order valence-electron chi connectivity index (χ0n) is 22.3. The lowest BCUT2D eigenvalue weighted by Gasteiger charge is -2.20. The third-order valence-corrected chi connectivity index (χ3v) is 7.90. The van der Waals surface area contributed by atoms with E-state index < -0.39 is 0 Å². The summed E-state index contributed by atoms with van der Waals surface area (Å²) in [4.78, 5) is 19.0. The Kier molecular flexibility index (Phi) is 4.74. The van der Waals surface area contributed by atoms with Gasteiger partial charge in [0.15, 0.2) is 0 Å². The first kappa shape index (κ1) is 22.8. The number of fused-ring (bicyclic) bond motifs is 4. The second-order valence-corrected chi connectivity index (χ2v) is 10.2. The van der Waals surface area contributed by atoms with Gasteiger partial charge in [0.05, 0.1) is 22.7 Å². The summed E-state index contributed by atoms with van der Waals surface area (Å²) in [6.45, 7) is 0. The van der Waals surface area contributed by atoms with Gasteiger partial charge in [0.2, 0.25) is 0 Å². The molecule has 8 heteroatoms. The molecule has 0 aliphatic heterocycles. The van der Waals surface area contributed by atoms with Crippen LogP contribution in [-0.4, -0.2) is 38.2 Å². The number of nitrogens with zero attached hydrogens (tertiary/aromatic N) is 8. The van der Waals surface area contributed by atoms with E-state index in [1.165, 1.54) is 0 Å². The van der Waals surface area contributed by atoms with E-state index in [1.807, 2.05) is 49.1 Å². The number of pyridine rings is 4. The molecule has 0 fully saturated rings. The van der Waals surface area contributed by atoms with Gasteiger partial charge in [-0.25, -0.2) is 19.9 Å². The van der Waals surface area contributed by atoms with Gasteiger partial charge in [-0.3, -0.25) is 18.3 Å². The van der Waals surface area contributed by atoms with E-state index in [0.717, 1.165) is 66.9 Å². The molecule has 0 saturated carbocycles. The van der Waals surface area contributed by atoms with Crippen molar-refractivity contribution in [1.29, 1.82) is 0 Å². The van der Waals surface area contributed by atoms with Gasteiger partial charge in [0, 0.05) is 71.1 Å². The van der Waals surface area contributed by atoms with Crippen LogP contribution >= 0.6 is 0 Å². The van der Waals surface area contributed by atoms with Gasteiger partial charge in [-0.1, -0.05) is 0 Å². The summed E-state index contributed by atoms with van der Waals surface area (Å²) in [5, 5.41) is 4.27. The molecule has 0 spiro atoms. The molecule has 198 valence electrons. The van der Waals surface area contributed by atoms with Crippen LogP contribution in [0.1, 0.15) is 0 Å². The van der Waals surface area contributed by atoms with Gasteiger partial charge in [0.1, 0.15) is 22.6 Å². The normalized spacial score (nSPS) is 11.8. The van der Waals surface area contributed by atoms with E-state index >= 15 is 0 Å². The molecule has 42 heavy (non-hydrogen) atoms. The average molecular weight is 543 g/mol. The first-order valence-corrected chi connectivity index (χ1v) is 13.7. The summed E-state index contributed by atoms with van der Waals surface area (Å²) in [5.41, 5.74) is 7.38. The first-order valence-electron chi connectivity index (χ1n) is 13.7. The Morgan fingerprint density at radius 2 is 0.595 bits per heavy atom. The Morgan fingerprint density at radius 3 is 0.857 bits per heavy atom. The van der Waals surface area contributed by atoms with E-state index in [4.69, 9.17) is 19.9 Å². The fourth-order valence-corrected chi connectivity index (χ4v) is 5.97. The van der Waals surface area contributed by atoms with Crippen molar-refractivity contribution >= 4 is 44.1 Å². The molecule has 0 saturated heterocycles. The van der Waals surface area contributed by atoms with Crippen molar-refractivity contribution in [3.8, 4) is 22.7 Å². The van der Waals surface area contributed by atoms with Crippen LogP contribution in [0.5, 0.6) is 0 Å². The molecule has 0 aliphatic carbocycles. The van der Waals surface area contributed by atoms with Gasteiger partial charge in [-0.15, -0.1) is 0 Å². The Balaban J connectivity index is 1.44. The molecule has 0 radical (unpaired) electrons. The summed E-state index contributed by atoms with van der Waals surface area (Å²) in [6.07, 6.45) is 15.7. The van der Waals surface area contributed by atoms with Gasteiger partial charge < -0.3 is 0 Å². The van der Waals surface area contributed by atoms with Crippen LogP contribution in [0.25, 0.3) is 66.9 Å². The summed E-state index contributed by atoms with van der Waals surface area (Å²) >= 11 is 0. The molecule has 0 aliphatic rings. The highest BCUT2D eigenvalue weighted by Crippen LogP contribution is 2.35. The maximum absolute atomic E-state index is 4.76. The third-order valence-electron chi connectivity index (χ3n) is 7.90. The summed E-state index contributed by atoms with van der Waals surface area (Å²) < 4.78 is 8.60. The van der Waals surface area contributed by atoms with Crippen LogP contribution in [0.3, 0.4) is 0 Å². The third kappa shape index (κ3) is 3.29. The van der Waals surface area contributed by atoms with Crippen molar-refractivity contribution in [3.05, 3.63) is 135 Å². The molecule has 8 heterocycles. The van der Waals surface area contributed by atoms with Crippen molar-refractivity contribution in [1.82, 2.24) is 38.2 Å². The van der Waals surface area contributed by atoms with Crippen LogP contribution in [0.15, 0.2) is 135 Å². The minimum Gasteiger partial charge on any atom is -0.299 e. The second-order valence-electron chi connectivity index (χ2n) is 10.2. The van der Waals surface area contributed by atoms with Crippen LogP contribution < -0.4 is 0 Å². The predicted octanol–water partition coefficient (Wildman–Crippen LogP) is 7.04. The van der Waals surface area contributed by atoms with Crippen LogP contribution in [0.4, 0.5) is 0 Å². The van der Waals surface area contributed by atoms with Gasteiger partial charge >= 0.3 is 0 Å². The van der Waals surface area contributed by atoms with Crippen molar-refractivity contribution in [2.45, 2.75) is 0 Å². The molecule has 0 unspecified atom stereocenters. The van der Waals surface area contributed by atoms with Crippen molar-refractivity contribution in [2.24, 2.45) is 0 Å². The van der Waals surface area contributed by atoms with Gasteiger partial charge in [-0.05, 0) is 84.9 Å². The monoisotopic (exact) mass is 542 g/mol. The Morgan fingerprint density at radius 1 is 0.333 bits per heavy atom. The van der Waals surface area contributed by atoms with Gasteiger partial charge in [0.25, 0.3) is 0 Å². The molecule has 9 aromatic rings. The lowest BCUT2D eigenvalue weighted by Crippen LogP contribution is -2.09. The van der Waals surface area contributed by atoms with Crippen LogP contribution in [0.2, 0.25) is 0 Å². The Hall–Kier alpha value is -6.02. The molecule has 8 aromatic heterocycles. The lowest BCUT2D eigenvalue weighted by atomic mass is 10.1. The second kappa shape index (κ2) is 8.74. The maximum Gasteiger partial charge on any atom is 0.144 e. The minimum atomic E-state index is 0.880. The van der Waals surface area contributed by atoms with E-state index in [1.54, 1.807) is 0 Å². The predicted molar refractivity (Wildman–Crippen MR) is 165 cm³/mol. The molecule has 0 amide bonds. The molecule has 9 rings (SSSR count). The standard InChI is InChI=1S/C34H22N8/c1-5-23-9-17-39(31(23)35-13-1)27-21-29(41-19-11-25-7-3-15-37-33(25)41)30(42-20-12-26-8-4-16-38-34(26)42)22-28(27)40-18-10-24-6-2-14-36-32(24)40/h1-22H. The highest BCUT2D eigenvalue weighted by Gasteiger charge is 2.21. The number of aromatic nitrogens is 8. The molecular formula is C34H22N8. The van der Waals surface area contributed by atoms with Crippen molar-refractivity contribution < 1.29 is 0 Å². The molecule has 8 nitrogen and oxygen atoms in total. The smallest absolute Gasteiger partial charge is 0.144 e. The van der Waals surface area contributed by atoms with Crippen LogP contribution in [0, 0.1) is 0 Å². The Bertz CT molecular complexity index is 2100. The number of hydrogen-bond acceptors (Lipinski definition) is 4. The molecule has 0 bridgehead atoms. The van der Waals surface area contributed by atoms with E-state index in [0.29, 0.717) is 0 Å². The van der Waals surface area contributed by atoms with E-state index in [-0.39, 0.29) is 0 Å². The Labute approximate surface area is 239 Å². The zero-order valence-corrected chi connectivity index (χ0v) is 22.3. The van der Waals surface area contributed by atoms with Gasteiger partial charge in [-0.2, -0.15) is 0 Å². The summed E-state index contributed by atoms with van der Waals surface area (Å²) in [6, 6.07) is 29.0. The maximum atomic E-state index is 4.76. The molecule has 0 atom stereocenters. The number of benzene rings is 1. The fourth-order valence-electron chi connectivity index (χ4n) is 5.97. The number of hydrogen-bond donors (Lipinski definition) is 0. The molecular weight excluding hydrogens is 520 g/mol. The topological polar surface area (TPSA) is 71.3 Å². The molecule has 1 aromatic carbocycles. The highest BCUT2D eigenvalue weighted by atomic mass is 15.1. The zero-order chi connectivity index (χ0) is 27.6.